The number of pyridine rings is 1. The van der Waals surface area contributed by atoms with Crippen LogP contribution in [-0.2, 0) is 14.6 Å². The predicted molar refractivity (Wildman–Crippen MR) is 87.7 cm³/mol. The summed E-state index contributed by atoms with van der Waals surface area (Å²) in [7, 11) is -2.97. The molecule has 0 saturated carbocycles. The SMILES string of the molecule is O=C(CSc1cccc2cccnc12)NC1CCS(=O)(=O)C1. The Morgan fingerprint density at radius 3 is 2.91 bits per heavy atom. The number of aromatic nitrogens is 1. The summed E-state index contributed by atoms with van der Waals surface area (Å²) in [4.78, 5) is 17.3. The first-order chi connectivity index (χ1) is 10.5. The average Bonchev–Trinajstić information content (AvgIpc) is 2.84. The van der Waals surface area contributed by atoms with Crippen LogP contribution in [0.15, 0.2) is 41.4 Å². The molecule has 3 rings (SSSR count). The van der Waals surface area contributed by atoms with Gasteiger partial charge in [0.25, 0.3) is 0 Å². The summed E-state index contributed by atoms with van der Waals surface area (Å²) >= 11 is 1.42. The van der Waals surface area contributed by atoms with Crippen molar-refractivity contribution in [2.75, 3.05) is 17.3 Å². The van der Waals surface area contributed by atoms with Crippen LogP contribution in [0, 0.1) is 0 Å². The molecule has 1 aliphatic rings. The highest BCUT2D eigenvalue weighted by Gasteiger charge is 2.28. The second kappa shape index (κ2) is 6.26. The highest BCUT2D eigenvalue weighted by Crippen LogP contribution is 2.26. The van der Waals surface area contributed by atoms with Crippen molar-refractivity contribution in [1.29, 1.82) is 0 Å². The number of nitrogens with one attached hydrogen (secondary N) is 1. The maximum Gasteiger partial charge on any atom is 0.230 e. The minimum absolute atomic E-state index is 0.0548. The number of nitrogens with zero attached hydrogens (tertiary/aromatic N) is 1. The number of sulfone groups is 1. The van der Waals surface area contributed by atoms with Gasteiger partial charge in [-0.25, -0.2) is 8.42 Å². The minimum atomic E-state index is -2.97. The van der Waals surface area contributed by atoms with Gasteiger partial charge in [-0.15, -0.1) is 11.8 Å². The molecule has 1 saturated heterocycles. The predicted octanol–water partition coefficient (Wildman–Crippen LogP) is 1.63. The van der Waals surface area contributed by atoms with Crippen molar-refractivity contribution in [2.24, 2.45) is 0 Å². The van der Waals surface area contributed by atoms with Gasteiger partial charge in [-0.1, -0.05) is 18.2 Å². The molecule has 0 aliphatic carbocycles. The first kappa shape index (κ1) is 15.3. The third-order valence-electron chi connectivity index (χ3n) is 3.55. The van der Waals surface area contributed by atoms with Gasteiger partial charge >= 0.3 is 0 Å². The zero-order chi connectivity index (χ0) is 15.6. The Balaban J connectivity index is 1.61. The summed E-state index contributed by atoms with van der Waals surface area (Å²) in [6.07, 6.45) is 2.24. The molecule has 0 spiro atoms. The number of rotatable bonds is 4. The van der Waals surface area contributed by atoms with E-state index in [1.807, 2.05) is 30.3 Å². The molecular formula is C15H16N2O3S2. The molecule has 1 amide bonds. The minimum Gasteiger partial charge on any atom is -0.352 e. The van der Waals surface area contributed by atoms with Gasteiger partial charge in [0.15, 0.2) is 9.84 Å². The maximum absolute atomic E-state index is 12.0. The summed E-state index contributed by atoms with van der Waals surface area (Å²) in [5, 5.41) is 3.83. The van der Waals surface area contributed by atoms with E-state index in [0.717, 1.165) is 15.8 Å². The molecule has 1 aromatic heterocycles. The second-order valence-corrected chi connectivity index (χ2v) is 8.53. The molecule has 0 radical (unpaired) electrons. The van der Waals surface area contributed by atoms with Crippen molar-refractivity contribution in [1.82, 2.24) is 10.3 Å². The lowest BCUT2D eigenvalue weighted by molar-refractivity contribution is -0.119. The molecule has 1 unspecified atom stereocenters. The summed E-state index contributed by atoms with van der Waals surface area (Å²) in [6, 6.07) is 9.47. The number of para-hydroxylation sites is 1. The Bertz CT molecular complexity index is 800. The van der Waals surface area contributed by atoms with Crippen molar-refractivity contribution < 1.29 is 13.2 Å². The van der Waals surface area contributed by atoms with Gasteiger partial charge in [-0.3, -0.25) is 9.78 Å². The Morgan fingerprint density at radius 2 is 2.14 bits per heavy atom. The molecule has 1 aliphatic heterocycles. The molecular weight excluding hydrogens is 320 g/mol. The van der Waals surface area contributed by atoms with Gasteiger partial charge in [-0.2, -0.15) is 0 Å². The van der Waals surface area contributed by atoms with Crippen LogP contribution in [0.5, 0.6) is 0 Å². The average molecular weight is 336 g/mol. The molecule has 22 heavy (non-hydrogen) atoms. The largest absolute Gasteiger partial charge is 0.352 e. The number of fused-ring (bicyclic) bond motifs is 1. The van der Waals surface area contributed by atoms with E-state index in [4.69, 9.17) is 0 Å². The fourth-order valence-corrected chi connectivity index (χ4v) is 5.04. The molecule has 2 heterocycles. The Kier molecular flexibility index (Phi) is 4.35. The lowest BCUT2D eigenvalue weighted by Gasteiger charge is -2.11. The first-order valence-electron chi connectivity index (χ1n) is 7.00. The molecule has 1 atom stereocenters. The second-order valence-electron chi connectivity index (χ2n) is 5.29. The third kappa shape index (κ3) is 3.59. The van der Waals surface area contributed by atoms with Gasteiger partial charge in [0.05, 0.1) is 22.8 Å². The number of hydrogen-bond acceptors (Lipinski definition) is 5. The van der Waals surface area contributed by atoms with E-state index < -0.39 is 9.84 Å². The van der Waals surface area contributed by atoms with E-state index in [2.05, 4.69) is 10.3 Å². The van der Waals surface area contributed by atoms with Crippen LogP contribution in [0.25, 0.3) is 10.9 Å². The van der Waals surface area contributed by atoms with E-state index >= 15 is 0 Å². The Hall–Kier alpha value is -1.60. The lowest BCUT2D eigenvalue weighted by Crippen LogP contribution is -2.36. The van der Waals surface area contributed by atoms with Crippen LogP contribution >= 0.6 is 11.8 Å². The standard InChI is InChI=1S/C15H16N2O3S2/c18-14(17-12-6-8-22(19,20)10-12)9-21-13-5-1-3-11-4-2-7-16-15(11)13/h1-5,7,12H,6,8-10H2,(H,17,18). The fraction of sp³-hybridized carbons (Fsp3) is 0.333. The van der Waals surface area contributed by atoms with E-state index in [0.29, 0.717) is 6.42 Å². The van der Waals surface area contributed by atoms with Crippen molar-refractivity contribution >= 4 is 38.4 Å². The quantitative estimate of drug-likeness (QED) is 0.859. The van der Waals surface area contributed by atoms with E-state index in [1.54, 1.807) is 6.20 Å². The third-order valence-corrected chi connectivity index (χ3v) is 6.37. The highest BCUT2D eigenvalue weighted by atomic mass is 32.2. The van der Waals surface area contributed by atoms with Crippen LogP contribution in [0.4, 0.5) is 0 Å². The summed E-state index contributed by atoms with van der Waals surface area (Å²) in [6.45, 7) is 0. The first-order valence-corrected chi connectivity index (χ1v) is 9.80. The number of thioether (sulfide) groups is 1. The summed E-state index contributed by atoms with van der Waals surface area (Å²) in [5.74, 6) is 0.337. The number of hydrogen-bond donors (Lipinski definition) is 1. The molecule has 0 bridgehead atoms. The fourth-order valence-electron chi connectivity index (χ4n) is 2.51. The van der Waals surface area contributed by atoms with Crippen molar-refractivity contribution in [3.63, 3.8) is 0 Å². The molecule has 2 aromatic rings. The highest BCUT2D eigenvalue weighted by molar-refractivity contribution is 8.00. The topological polar surface area (TPSA) is 76.1 Å². The Morgan fingerprint density at radius 1 is 1.32 bits per heavy atom. The molecule has 1 fully saturated rings. The smallest absolute Gasteiger partial charge is 0.230 e. The molecule has 5 nitrogen and oxygen atoms in total. The van der Waals surface area contributed by atoms with Crippen LogP contribution < -0.4 is 5.32 Å². The monoisotopic (exact) mass is 336 g/mol. The molecule has 1 aromatic carbocycles. The number of carbonyl (C=O) groups is 1. The normalized spacial score (nSPS) is 20.1. The van der Waals surface area contributed by atoms with Gasteiger partial charge < -0.3 is 5.32 Å². The zero-order valence-electron chi connectivity index (χ0n) is 11.9. The Labute approximate surface area is 133 Å². The van der Waals surface area contributed by atoms with E-state index in [9.17, 15) is 13.2 Å². The lowest BCUT2D eigenvalue weighted by atomic mass is 10.2. The van der Waals surface area contributed by atoms with Crippen LogP contribution in [0.2, 0.25) is 0 Å². The van der Waals surface area contributed by atoms with Crippen molar-refractivity contribution in [3.05, 3.63) is 36.5 Å². The number of carbonyl (C=O) groups excluding carboxylic acids is 1. The molecule has 7 heteroatoms. The van der Waals surface area contributed by atoms with Gasteiger partial charge in [0, 0.05) is 22.5 Å². The molecule has 116 valence electrons. The van der Waals surface area contributed by atoms with E-state index in [-0.39, 0.29) is 29.2 Å². The molecule has 1 N–H and O–H groups in total. The van der Waals surface area contributed by atoms with Gasteiger partial charge in [0.2, 0.25) is 5.91 Å². The van der Waals surface area contributed by atoms with Gasteiger partial charge in [0.1, 0.15) is 0 Å². The number of benzene rings is 1. The van der Waals surface area contributed by atoms with Crippen molar-refractivity contribution in [2.45, 2.75) is 17.4 Å². The summed E-state index contributed by atoms with van der Waals surface area (Å²) < 4.78 is 22.8. The zero-order valence-corrected chi connectivity index (χ0v) is 13.5. The van der Waals surface area contributed by atoms with Gasteiger partial charge in [-0.05, 0) is 18.6 Å². The van der Waals surface area contributed by atoms with Crippen LogP contribution in [0.1, 0.15) is 6.42 Å². The van der Waals surface area contributed by atoms with Crippen LogP contribution in [0.3, 0.4) is 0 Å². The van der Waals surface area contributed by atoms with Crippen molar-refractivity contribution in [3.8, 4) is 0 Å². The number of amides is 1. The van der Waals surface area contributed by atoms with E-state index in [1.165, 1.54) is 11.8 Å². The van der Waals surface area contributed by atoms with Crippen LogP contribution in [-0.4, -0.2) is 42.6 Å². The summed E-state index contributed by atoms with van der Waals surface area (Å²) in [5.41, 5.74) is 0.881. The maximum atomic E-state index is 12.0.